The Hall–Kier alpha value is -2.73. The highest BCUT2D eigenvalue weighted by atomic mass is 19.1. The van der Waals surface area contributed by atoms with Gasteiger partial charge in [0.05, 0.1) is 18.2 Å². The van der Waals surface area contributed by atoms with Crippen LogP contribution in [0.25, 0.3) is 0 Å². The number of hydrogen-bond donors (Lipinski definition) is 0. The monoisotopic (exact) mass is 385 g/mol. The number of aryl methyl sites for hydroxylation is 1. The Morgan fingerprint density at radius 1 is 1.11 bits per heavy atom. The van der Waals surface area contributed by atoms with E-state index in [0.29, 0.717) is 36.6 Å². The summed E-state index contributed by atoms with van der Waals surface area (Å²) >= 11 is 0. The van der Waals surface area contributed by atoms with Crippen LogP contribution in [0, 0.1) is 11.7 Å². The van der Waals surface area contributed by atoms with Crippen LogP contribution in [0.3, 0.4) is 0 Å². The van der Waals surface area contributed by atoms with Gasteiger partial charge in [-0.15, -0.1) is 5.06 Å². The van der Waals surface area contributed by atoms with E-state index in [2.05, 4.69) is 4.74 Å². The maximum Gasteiger partial charge on any atom is 0.357 e. The molecule has 1 aliphatic rings. The van der Waals surface area contributed by atoms with Crippen molar-refractivity contribution >= 4 is 11.9 Å². The molecule has 0 radical (unpaired) electrons. The summed E-state index contributed by atoms with van der Waals surface area (Å²) in [4.78, 5) is 29.6. The first-order valence-electron chi connectivity index (χ1n) is 9.46. The smallest absolute Gasteiger partial charge is 0.357 e. The lowest BCUT2D eigenvalue weighted by Crippen LogP contribution is -2.37. The van der Waals surface area contributed by atoms with E-state index in [1.807, 2.05) is 12.1 Å². The topological polar surface area (TPSA) is 55.8 Å². The maximum atomic E-state index is 13.8. The molecule has 0 spiro atoms. The number of carbonyl (C=O) groups excluding carboxylic acids is 2. The Labute approximate surface area is 164 Å². The first-order chi connectivity index (χ1) is 13.6. The molecule has 0 bridgehead atoms. The summed E-state index contributed by atoms with van der Waals surface area (Å²) in [6.45, 7) is 1.29. The van der Waals surface area contributed by atoms with Gasteiger partial charge < -0.3 is 9.57 Å². The van der Waals surface area contributed by atoms with E-state index in [-0.39, 0.29) is 5.82 Å². The minimum absolute atomic E-state index is 0.174. The molecular weight excluding hydrogens is 361 g/mol. The molecule has 0 N–H and O–H groups in total. The third-order valence-electron chi connectivity index (χ3n) is 4.99. The number of rotatable bonds is 6. The maximum absolute atomic E-state index is 13.8. The molecule has 1 unspecified atom stereocenters. The van der Waals surface area contributed by atoms with Crippen molar-refractivity contribution in [1.29, 1.82) is 0 Å². The van der Waals surface area contributed by atoms with Crippen LogP contribution in [0.1, 0.15) is 45.5 Å². The number of methoxy groups -OCH3 is 1. The molecule has 0 amide bonds. The fourth-order valence-corrected chi connectivity index (χ4v) is 3.47. The second kappa shape index (κ2) is 9.46. The van der Waals surface area contributed by atoms with Crippen molar-refractivity contribution in [2.45, 2.75) is 25.7 Å². The lowest BCUT2D eigenvalue weighted by atomic mass is 9.92. The molecule has 2 aromatic carbocycles. The molecule has 1 heterocycles. The minimum atomic E-state index is -0.500. The Morgan fingerprint density at radius 2 is 1.86 bits per heavy atom. The predicted molar refractivity (Wildman–Crippen MR) is 102 cm³/mol. The zero-order chi connectivity index (χ0) is 19.9. The van der Waals surface area contributed by atoms with Crippen molar-refractivity contribution in [3.05, 3.63) is 71.0 Å². The average Bonchev–Trinajstić information content (AvgIpc) is 2.73. The van der Waals surface area contributed by atoms with E-state index < -0.39 is 11.9 Å². The van der Waals surface area contributed by atoms with Gasteiger partial charge in [-0.25, -0.2) is 14.0 Å². The van der Waals surface area contributed by atoms with Crippen LogP contribution in [0.2, 0.25) is 0 Å². The standard InChI is InChI=1S/C22H24FNO4/c1-27-21(25)18-8-4-9-19(14-18)22(26)28-24-13-5-6-16(15-24)11-12-17-7-2-3-10-20(17)23/h2-4,7-10,14,16H,5-6,11-13,15H2,1H3. The van der Waals surface area contributed by atoms with Crippen molar-refractivity contribution in [2.24, 2.45) is 5.92 Å². The third kappa shape index (κ3) is 5.16. The molecule has 2 aromatic rings. The van der Waals surface area contributed by atoms with E-state index >= 15 is 0 Å². The lowest BCUT2D eigenvalue weighted by Gasteiger charge is -2.31. The number of piperidine rings is 1. The molecule has 0 saturated carbocycles. The van der Waals surface area contributed by atoms with E-state index in [9.17, 15) is 14.0 Å². The summed E-state index contributed by atoms with van der Waals surface area (Å²) in [5.74, 6) is -0.837. The van der Waals surface area contributed by atoms with E-state index in [1.54, 1.807) is 29.3 Å². The highest BCUT2D eigenvalue weighted by Crippen LogP contribution is 2.23. The van der Waals surface area contributed by atoms with Crippen LogP contribution in [0.5, 0.6) is 0 Å². The van der Waals surface area contributed by atoms with Crippen molar-refractivity contribution in [2.75, 3.05) is 20.2 Å². The van der Waals surface area contributed by atoms with Crippen LogP contribution < -0.4 is 0 Å². The zero-order valence-electron chi connectivity index (χ0n) is 15.9. The Morgan fingerprint density at radius 3 is 2.61 bits per heavy atom. The van der Waals surface area contributed by atoms with E-state index in [0.717, 1.165) is 24.8 Å². The number of hydrogen-bond acceptors (Lipinski definition) is 5. The second-order valence-corrected chi connectivity index (χ2v) is 6.98. The van der Waals surface area contributed by atoms with Crippen LogP contribution in [-0.2, 0) is 16.0 Å². The van der Waals surface area contributed by atoms with Gasteiger partial charge in [0.1, 0.15) is 5.82 Å². The van der Waals surface area contributed by atoms with Gasteiger partial charge >= 0.3 is 11.9 Å². The molecule has 3 rings (SSSR count). The second-order valence-electron chi connectivity index (χ2n) is 6.98. The fraction of sp³-hybridized carbons (Fsp3) is 0.364. The van der Waals surface area contributed by atoms with Crippen molar-refractivity contribution in [3.63, 3.8) is 0 Å². The molecule has 0 aromatic heterocycles. The Balaban J connectivity index is 1.55. The Kier molecular flexibility index (Phi) is 6.76. The summed E-state index contributed by atoms with van der Waals surface area (Å²) in [6.07, 6.45) is 3.45. The van der Waals surface area contributed by atoms with Gasteiger partial charge in [0.25, 0.3) is 0 Å². The molecule has 1 aliphatic heterocycles. The van der Waals surface area contributed by atoms with E-state index in [1.165, 1.54) is 19.2 Å². The fourth-order valence-electron chi connectivity index (χ4n) is 3.47. The molecule has 0 aliphatic carbocycles. The third-order valence-corrected chi connectivity index (χ3v) is 4.99. The molecule has 1 saturated heterocycles. The predicted octanol–water partition coefficient (Wildman–Crippen LogP) is 4.03. The Bertz CT molecular complexity index is 839. The molecular formula is C22H24FNO4. The quantitative estimate of drug-likeness (QED) is 0.703. The molecule has 148 valence electrons. The summed E-state index contributed by atoms with van der Waals surface area (Å²) in [5.41, 5.74) is 1.32. The normalized spacial score (nSPS) is 17.1. The molecule has 5 nitrogen and oxygen atoms in total. The summed E-state index contributed by atoms with van der Waals surface area (Å²) in [7, 11) is 1.29. The number of nitrogens with zero attached hydrogens (tertiary/aromatic N) is 1. The van der Waals surface area contributed by atoms with Crippen molar-refractivity contribution < 1.29 is 23.6 Å². The molecule has 1 fully saturated rings. The average molecular weight is 385 g/mol. The van der Waals surface area contributed by atoms with E-state index in [4.69, 9.17) is 4.84 Å². The number of esters is 1. The van der Waals surface area contributed by atoms with Gasteiger partial charge in [0.15, 0.2) is 0 Å². The van der Waals surface area contributed by atoms with Crippen molar-refractivity contribution in [1.82, 2.24) is 5.06 Å². The highest BCUT2D eigenvalue weighted by molar-refractivity contribution is 5.95. The SMILES string of the molecule is COC(=O)c1cccc(C(=O)ON2CCCC(CCc3ccccc3F)C2)c1. The number of hydroxylamine groups is 2. The molecule has 1 atom stereocenters. The first kappa shape index (κ1) is 20.0. The van der Waals surface area contributed by atoms with Gasteiger partial charge in [-0.05, 0) is 61.4 Å². The van der Waals surface area contributed by atoms with Gasteiger partial charge in [-0.2, -0.15) is 0 Å². The van der Waals surface area contributed by atoms with Gasteiger partial charge in [0, 0.05) is 13.1 Å². The molecule has 28 heavy (non-hydrogen) atoms. The van der Waals surface area contributed by atoms with Gasteiger partial charge in [-0.1, -0.05) is 24.3 Å². The number of halogens is 1. The minimum Gasteiger partial charge on any atom is -0.465 e. The summed E-state index contributed by atoms with van der Waals surface area (Å²) in [6, 6.07) is 13.1. The van der Waals surface area contributed by atoms with Crippen LogP contribution in [0.15, 0.2) is 48.5 Å². The highest BCUT2D eigenvalue weighted by Gasteiger charge is 2.24. The largest absolute Gasteiger partial charge is 0.465 e. The number of carbonyl (C=O) groups is 2. The number of benzene rings is 2. The van der Waals surface area contributed by atoms with Crippen LogP contribution in [-0.4, -0.2) is 37.2 Å². The lowest BCUT2D eigenvalue weighted by molar-refractivity contribution is -0.131. The molecule has 6 heteroatoms. The van der Waals surface area contributed by atoms with Crippen LogP contribution >= 0.6 is 0 Å². The number of ether oxygens (including phenoxy) is 1. The first-order valence-corrected chi connectivity index (χ1v) is 9.46. The van der Waals surface area contributed by atoms with Gasteiger partial charge in [-0.3, -0.25) is 0 Å². The summed E-state index contributed by atoms with van der Waals surface area (Å²) < 4.78 is 18.5. The van der Waals surface area contributed by atoms with Gasteiger partial charge in [0.2, 0.25) is 0 Å². The summed E-state index contributed by atoms with van der Waals surface area (Å²) in [5, 5.41) is 1.67. The van der Waals surface area contributed by atoms with Crippen molar-refractivity contribution in [3.8, 4) is 0 Å². The van der Waals surface area contributed by atoms with Crippen LogP contribution in [0.4, 0.5) is 4.39 Å². The zero-order valence-corrected chi connectivity index (χ0v) is 15.9.